The highest BCUT2D eigenvalue weighted by atomic mass is 16.5. The summed E-state index contributed by atoms with van der Waals surface area (Å²) in [6.45, 7) is 5.45. The summed E-state index contributed by atoms with van der Waals surface area (Å²) >= 11 is 0. The van der Waals surface area contributed by atoms with E-state index in [4.69, 9.17) is 4.74 Å². The first-order chi connectivity index (χ1) is 8.69. The standard InChI is InChI=1S/C15H27NO2/c1-3-16-15(11-14(17)18-4-2)9-5-6-13(10-15)12-7-8-12/h12-13,16H,3-11H2,1-2H3. The lowest BCUT2D eigenvalue weighted by molar-refractivity contribution is -0.145. The van der Waals surface area contributed by atoms with Crippen molar-refractivity contribution in [3.05, 3.63) is 0 Å². The van der Waals surface area contributed by atoms with Gasteiger partial charge in [-0.15, -0.1) is 0 Å². The molecule has 2 rings (SSSR count). The molecule has 2 aliphatic rings. The van der Waals surface area contributed by atoms with Crippen LogP contribution in [-0.2, 0) is 9.53 Å². The molecule has 18 heavy (non-hydrogen) atoms. The van der Waals surface area contributed by atoms with Crippen molar-refractivity contribution in [1.82, 2.24) is 5.32 Å². The van der Waals surface area contributed by atoms with E-state index in [0.29, 0.717) is 13.0 Å². The fourth-order valence-electron chi connectivity index (χ4n) is 3.63. The third-order valence-corrected chi connectivity index (χ3v) is 4.51. The van der Waals surface area contributed by atoms with Gasteiger partial charge in [-0.3, -0.25) is 4.79 Å². The zero-order chi connectivity index (χ0) is 13.0. The first-order valence-corrected chi connectivity index (χ1v) is 7.60. The molecule has 0 aromatic rings. The molecule has 0 amide bonds. The summed E-state index contributed by atoms with van der Waals surface area (Å²) < 4.78 is 5.15. The molecule has 0 bridgehead atoms. The third-order valence-electron chi connectivity index (χ3n) is 4.51. The highest BCUT2D eigenvalue weighted by molar-refractivity contribution is 5.71. The summed E-state index contributed by atoms with van der Waals surface area (Å²) in [6.07, 6.45) is 8.29. The Hall–Kier alpha value is -0.570. The van der Waals surface area contributed by atoms with E-state index in [2.05, 4.69) is 12.2 Å². The van der Waals surface area contributed by atoms with Crippen LogP contribution in [0.15, 0.2) is 0 Å². The number of ether oxygens (including phenoxy) is 1. The van der Waals surface area contributed by atoms with Gasteiger partial charge in [0.2, 0.25) is 0 Å². The monoisotopic (exact) mass is 253 g/mol. The number of hydrogen-bond donors (Lipinski definition) is 1. The lowest BCUT2D eigenvalue weighted by Gasteiger charge is -2.41. The Balaban J connectivity index is 1.97. The van der Waals surface area contributed by atoms with Crippen LogP contribution in [-0.4, -0.2) is 24.7 Å². The summed E-state index contributed by atoms with van der Waals surface area (Å²) in [5.74, 6) is 1.76. The summed E-state index contributed by atoms with van der Waals surface area (Å²) in [7, 11) is 0. The molecular formula is C15H27NO2. The van der Waals surface area contributed by atoms with Gasteiger partial charge in [0.25, 0.3) is 0 Å². The molecule has 0 spiro atoms. The number of carbonyl (C=O) groups excluding carboxylic acids is 1. The minimum Gasteiger partial charge on any atom is -0.466 e. The number of hydrogen-bond acceptors (Lipinski definition) is 3. The van der Waals surface area contributed by atoms with Gasteiger partial charge in [0.15, 0.2) is 0 Å². The summed E-state index contributed by atoms with van der Waals surface area (Å²) in [6, 6.07) is 0. The molecule has 2 atom stereocenters. The Morgan fingerprint density at radius 1 is 1.28 bits per heavy atom. The molecule has 0 aliphatic heterocycles. The molecule has 2 saturated carbocycles. The van der Waals surface area contributed by atoms with Crippen molar-refractivity contribution in [2.45, 2.75) is 64.3 Å². The van der Waals surface area contributed by atoms with Gasteiger partial charge in [0, 0.05) is 5.54 Å². The van der Waals surface area contributed by atoms with E-state index in [9.17, 15) is 4.79 Å². The fraction of sp³-hybridized carbons (Fsp3) is 0.933. The zero-order valence-electron chi connectivity index (χ0n) is 11.8. The topological polar surface area (TPSA) is 38.3 Å². The van der Waals surface area contributed by atoms with Crippen molar-refractivity contribution >= 4 is 5.97 Å². The van der Waals surface area contributed by atoms with Crippen LogP contribution in [0.1, 0.15) is 58.8 Å². The molecule has 2 unspecified atom stereocenters. The Kier molecular flexibility index (Phi) is 4.66. The van der Waals surface area contributed by atoms with E-state index >= 15 is 0 Å². The van der Waals surface area contributed by atoms with Crippen molar-refractivity contribution in [1.29, 1.82) is 0 Å². The van der Waals surface area contributed by atoms with E-state index in [-0.39, 0.29) is 11.5 Å². The van der Waals surface area contributed by atoms with Crippen LogP contribution >= 0.6 is 0 Å². The Morgan fingerprint density at radius 2 is 2.06 bits per heavy atom. The van der Waals surface area contributed by atoms with Crippen LogP contribution in [0.4, 0.5) is 0 Å². The van der Waals surface area contributed by atoms with E-state index in [1.807, 2.05) is 6.92 Å². The average Bonchev–Trinajstić information content (AvgIpc) is 3.13. The van der Waals surface area contributed by atoms with Gasteiger partial charge in [-0.1, -0.05) is 19.8 Å². The highest BCUT2D eigenvalue weighted by Crippen LogP contribution is 2.47. The van der Waals surface area contributed by atoms with Crippen molar-refractivity contribution < 1.29 is 9.53 Å². The molecule has 1 N–H and O–H groups in total. The van der Waals surface area contributed by atoms with Crippen molar-refractivity contribution in [2.24, 2.45) is 11.8 Å². The van der Waals surface area contributed by atoms with Crippen LogP contribution in [0.25, 0.3) is 0 Å². The molecule has 2 aliphatic carbocycles. The average molecular weight is 253 g/mol. The van der Waals surface area contributed by atoms with Crippen LogP contribution < -0.4 is 5.32 Å². The smallest absolute Gasteiger partial charge is 0.307 e. The second-order valence-corrected chi connectivity index (χ2v) is 5.99. The number of carbonyl (C=O) groups is 1. The Bertz CT molecular complexity index is 284. The van der Waals surface area contributed by atoms with Gasteiger partial charge in [0.05, 0.1) is 13.0 Å². The fourth-order valence-corrected chi connectivity index (χ4v) is 3.63. The van der Waals surface area contributed by atoms with Gasteiger partial charge in [0.1, 0.15) is 0 Å². The van der Waals surface area contributed by atoms with E-state index in [1.165, 1.54) is 32.1 Å². The van der Waals surface area contributed by atoms with E-state index < -0.39 is 0 Å². The molecule has 0 radical (unpaired) electrons. The maximum absolute atomic E-state index is 11.8. The van der Waals surface area contributed by atoms with Crippen LogP contribution in [0.5, 0.6) is 0 Å². The summed E-state index contributed by atoms with van der Waals surface area (Å²) in [5, 5.41) is 3.60. The van der Waals surface area contributed by atoms with E-state index in [1.54, 1.807) is 0 Å². The molecule has 2 fully saturated rings. The largest absolute Gasteiger partial charge is 0.466 e. The quantitative estimate of drug-likeness (QED) is 0.740. The Morgan fingerprint density at radius 3 is 2.67 bits per heavy atom. The predicted molar refractivity (Wildman–Crippen MR) is 72.3 cm³/mol. The third kappa shape index (κ3) is 3.47. The van der Waals surface area contributed by atoms with Crippen molar-refractivity contribution in [3.8, 4) is 0 Å². The second-order valence-electron chi connectivity index (χ2n) is 5.99. The van der Waals surface area contributed by atoms with Gasteiger partial charge < -0.3 is 10.1 Å². The molecule has 3 heteroatoms. The maximum Gasteiger partial charge on any atom is 0.307 e. The lowest BCUT2D eigenvalue weighted by Crippen LogP contribution is -2.50. The molecular weight excluding hydrogens is 226 g/mol. The van der Waals surface area contributed by atoms with Gasteiger partial charge in [-0.2, -0.15) is 0 Å². The minimum atomic E-state index is -0.0325. The molecule has 104 valence electrons. The summed E-state index contributed by atoms with van der Waals surface area (Å²) in [5.41, 5.74) is 0.0203. The molecule has 0 aromatic carbocycles. The highest BCUT2D eigenvalue weighted by Gasteiger charge is 2.42. The normalized spacial score (nSPS) is 32.2. The second kappa shape index (κ2) is 6.05. The SMILES string of the molecule is CCNC1(CC(=O)OCC)CCCC(C2CC2)C1. The maximum atomic E-state index is 11.8. The first kappa shape index (κ1) is 13.9. The van der Waals surface area contributed by atoms with Crippen LogP contribution in [0.2, 0.25) is 0 Å². The minimum absolute atomic E-state index is 0.0203. The van der Waals surface area contributed by atoms with Crippen molar-refractivity contribution in [3.63, 3.8) is 0 Å². The molecule has 0 saturated heterocycles. The molecule has 3 nitrogen and oxygen atoms in total. The molecule has 0 aromatic heterocycles. The lowest BCUT2D eigenvalue weighted by atomic mass is 9.72. The first-order valence-electron chi connectivity index (χ1n) is 7.60. The molecule has 0 heterocycles. The zero-order valence-corrected chi connectivity index (χ0v) is 11.8. The van der Waals surface area contributed by atoms with E-state index in [0.717, 1.165) is 24.8 Å². The predicted octanol–water partition coefficient (Wildman–Crippen LogP) is 2.89. The van der Waals surface area contributed by atoms with Gasteiger partial charge >= 0.3 is 5.97 Å². The van der Waals surface area contributed by atoms with Gasteiger partial charge in [-0.05, 0) is 51.0 Å². The number of nitrogens with one attached hydrogen (secondary N) is 1. The van der Waals surface area contributed by atoms with Crippen LogP contribution in [0, 0.1) is 11.8 Å². The summed E-state index contributed by atoms with van der Waals surface area (Å²) in [4.78, 5) is 11.8. The number of esters is 1. The van der Waals surface area contributed by atoms with Crippen molar-refractivity contribution in [2.75, 3.05) is 13.2 Å². The van der Waals surface area contributed by atoms with Gasteiger partial charge in [-0.25, -0.2) is 0 Å². The number of rotatable bonds is 6. The van der Waals surface area contributed by atoms with Crippen LogP contribution in [0.3, 0.4) is 0 Å². The Labute approximate surface area is 111 Å².